The van der Waals surface area contributed by atoms with Crippen molar-refractivity contribution >= 4 is 12.0 Å². The van der Waals surface area contributed by atoms with E-state index in [0.717, 1.165) is 11.3 Å². The van der Waals surface area contributed by atoms with Gasteiger partial charge in [-0.15, -0.1) is 0 Å². The third kappa shape index (κ3) is 6.66. The van der Waals surface area contributed by atoms with Gasteiger partial charge in [0.05, 0.1) is 0 Å². The lowest BCUT2D eigenvalue weighted by atomic mass is 10.2. The van der Waals surface area contributed by atoms with Crippen LogP contribution >= 0.6 is 0 Å². The van der Waals surface area contributed by atoms with E-state index in [1.807, 2.05) is 79.7 Å². The Labute approximate surface area is 137 Å². The summed E-state index contributed by atoms with van der Waals surface area (Å²) in [6.45, 7) is 2.80. The molecule has 0 aliphatic rings. The Morgan fingerprint density at radius 3 is 2.39 bits per heavy atom. The van der Waals surface area contributed by atoms with Crippen LogP contribution in [0.4, 0.5) is 0 Å². The zero-order valence-electron chi connectivity index (χ0n) is 13.2. The van der Waals surface area contributed by atoms with Gasteiger partial charge in [0.15, 0.2) is 0 Å². The molecule has 0 spiro atoms. The van der Waals surface area contributed by atoms with E-state index in [0.29, 0.717) is 6.54 Å². The highest BCUT2D eigenvalue weighted by atomic mass is 16.5. The molecule has 23 heavy (non-hydrogen) atoms. The smallest absolute Gasteiger partial charge is 0.332 e. The van der Waals surface area contributed by atoms with Crippen molar-refractivity contribution in [3.05, 3.63) is 89.6 Å². The zero-order chi connectivity index (χ0) is 16.3. The predicted molar refractivity (Wildman–Crippen MR) is 93.5 cm³/mol. The number of hydrogen-bond acceptors (Lipinski definition) is 3. The van der Waals surface area contributed by atoms with Crippen LogP contribution in [-0.4, -0.2) is 12.6 Å². The van der Waals surface area contributed by atoms with Crippen molar-refractivity contribution in [2.24, 2.45) is 0 Å². The topological polar surface area (TPSA) is 38.3 Å². The molecule has 2 rings (SSSR count). The van der Waals surface area contributed by atoms with Gasteiger partial charge in [-0.1, -0.05) is 66.7 Å². The second-order valence-electron chi connectivity index (χ2n) is 5.11. The molecule has 0 aromatic heterocycles. The van der Waals surface area contributed by atoms with Crippen molar-refractivity contribution in [2.45, 2.75) is 13.5 Å². The number of carbonyl (C=O) groups is 1. The molecule has 0 aliphatic heterocycles. The number of nitrogens with one attached hydrogen (secondary N) is 1. The highest BCUT2D eigenvalue weighted by Crippen LogP contribution is 2.01. The first kappa shape index (κ1) is 16.6. The van der Waals surface area contributed by atoms with Crippen LogP contribution in [0.15, 0.2) is 78.5 Å². The SMILES string of the molecule is C/C(=C\C(=O)OC/C=C/c1ccccc1)NCc1ccccc1. The Bertz CT molecular complexity index is 661. The Kier molecular flexibility index (Phi) is 6.66. The number of carbonyl (C=O) groups excluding carboxylic acids is 1. The number of hydrogen-bond donors (Lipinski definition) is 1. The van der Waals surface area contributed by atoms with Gasteiger partial charge in [-0.25, -0.2) is 4.79 Å². The molecule has 0 aliphatic carbocycles. The quantitative estimate of drug-likeness (QED) is 0.622. The molecule has 0 radical (unpaired) electrons. The average Bonchev–Trinajstić information content (AvgIpc) is 2.59. The van der Waals surface area contributed by atoms with E-state index in [2.05, 4.69) is 5.32 Å². The molecular weight excluding hydrogens is 286 g/mol. The maximum atomic E-state index is 11.7. The van der Waals surface area contributed by atoms with E-state index in [1.54, 1.807) is 0 Å². The molecule has 0 atom stereocenters. The van der Waals surface area contributed by atoms with Crippen LogP contribution in [0.3, 0.4) is 0 Å². The summed E-state index contributed by atoms with van der Waals surface area (Å²) >= 11 is 0. The van der Waals surface area contributed by atoms with E-state index >= 15 is 0 Å². The first-order chi connectivity index (χ1) is 11.2. The summed E-state index contributed by atoms with van der Waals surface area (Å²) in [5.74, 6) is -0.347. The molecule has 2 aromatic rings. The van der Waals surface area contributed by atoms with Crippen LogP contribution in [0.5, 0.6) is 0 Å². The largest absolute Gasteiger partial charge is 0.458 e. The van der Waals surface area contributed by atoms with Gasteiger partial charge in [0.25, 0.3) is 0 Å². The van der Waals surface area contributed by atoms with E-state index in [4.69, 9.17) is 4.74 Å². The summed E-state index contributed by atoms with van der Waals surface area (Å²) < 4.78 is 5.14. The van der Waals surface area contributed by atoms with Gasteiger partial charge in [0, 0.05) is 18.3 Å². The molecule has 0 amide bonds. The van der Waals surface area contributed by atoms with Gasteiger partial charge in [0.1, 0.15) is 6.61 Å². The first-order valence-corrected chi connectivity index (χ1v) is 7.58. The molecule has 1 N–H and O–H groups in total. The van der Waals surface area contributed by atoms with Crippen molar-refractivity contribution < 1.29 is 9.53 Å². The molecule has 0 unspecified atom stereocenters. The maximum absolute atomic E-state index is 11.7. The van der Waals surface area contributed by atoms with Crippen molar-refractivity contribution in [1.29, 1.82) is 0 Å². The molecule has 0 bridgehead atoms. The molecule has 0 saturated carbocycles. The Hall–Kier alpha value is -2.81. The van der Waals surface area contributed by atoms with Gasteiger partial charge in [0.2, 0.25) is 0 Å². The van der Waals surface area contributed by atoms with Gasteiger partial charge in [-0.3, -0.25) is 0 Å². The van der Waals surface area contributed by atoms with Crippen molar-refractivity contribution in [2.75, 3.05) is 6.61 Å². The minimum Gasteiger partial charge on any atom is -0.458 e. The van der Waals surface area contributed by atoms with Crippen molar-refractivity contribution in [3.63, 3.8) is 0 Å². The normalized spacial score (nSPS) is 11.4. The Morgan fingerprint density at radius 1 is 1.04 bits per heavy atom. The number of ether oxygens (including phenoxy) is 1. The fourth-order valence-electron chi connectivity index (χ4n) is 1.99. The first-order valence-electron chi connectivity index (χ1n) is 7.58. The Morgan fingerprint density at radius 2 is 1.70 bits per heavy atom. The monoisotopic (exact) mass is 307 g/mol. The zero-order valence-corrected chi connectivity index (χ0v) is 13.2. The predicted octanol–water partition coefficient (Wildman–Crippen LogP) is 3.94. The molecule has 0 heterocycles. The number of rotatable bonds is 7. The number of benzene rings is 2. The molecule has 118 valence electrons. The molecule has 2 aromatic carbocycles. The lowest BCUT2D eigenvalue weighted by Crippen LogP contribution is -2.13. The molecular formula is C20H21NO2. The third-order valence-corrected chi connectivity index (χ3v) is 3.18. The van der Waals surface area contributed by atoms with Crippen LogP contribution in [0.2, 0.25) is 0 Å². The molecule has 0 saturated heterocycles. The summed E-state index contributed by atoms with van der Waals surface area (Å²) in [7, 11) is 0. The van der Waals surface area contributed by atoms with Crippen LogP contribution < -0.4 is 5.32 Å². The number of allylic oxidation sites excluding steroid dienone is 1. The van der Waals surface area contributed by atoms with Gasteiger partial charge >= 0.3 is 5.97 Å². The summed E-state index contributed by atoms with van der Waals surface area (Å²) in [6, 6.07) is 19.9. The lowest BCUT2D eigenvalue weighted by Gasteiger charge is -2.06. The average molecular weight is 307 g/mol. The highest BCUT2D eigenvalue weighted by molar-refractivity contribution is 5.82. The van der Waals surface area contributed by atoms with E-state index in [9.17, 15) is 4.79 Å². The highest BCUT2D eigenvalue weighted by Gasteiger charge is 1.98. The van der Waals surface area contributed by atoms with Crippen LogP contribution in [-0.2, 0) is 16.1 Å². The summed E-state index contributed by atoms with van der Waals surface area (Å²) in [5.41, 5.74) is 3.03. The summed E-state index contributed by atoms with van der Waals surface area (Å²) in [6.07, 6.45) is 5.23. The van der Waals surface area contributed by atoms with Crippen LogP contribution in [0.25, 0.3) is 6.08 Å². The van der Waals surface area contributed by atoms with Crippen molar-refractivity contribution in [3.8, 4) is 0 Å². The fraction of sp³-hybridized carbons (Fsp3) is 0.150. The molecule has 3 nitrogen and oxygen atoms in total. The van der Waals surface area contributed by atoms with E-state index in [-0.39, 0.29) is 12.6 Å². The summed E-state index contributed by atoms with van der Waals surface area (Å²) in [5, 5.41) is 3.19. The minimum atomic E-state index is -0.347. The lowest BCUT2D eigenvalue weighted by molar-refractivity contribution is -0.136. The van der Waals surface area contributed by atoms with Crippen LogP contribution in [0, 0.1) is 0 Å². The number of esters is 1. The minimum absolute atomic E-state index is 0.260. The maximum Gasteiger partial charge on any atom is 0.332 e. The second-order valence-corrected chi connectivity index (χ2v) is 5.11. The van der Waals surface area contributed by atoms with E-state index < -0.39 is 0 Å². The Balaban J connectivity index is 1.71. The van der Waals surface area contributed by atoms with E-state index in [1.165, 1.54) is 11.6 Å². The standard InChI is InChI=1S/C20H21NO2/c1-17(21-16-19-11-6-3-7-12-19)15-20(22)23-14-8-13-18-9-4-2-5-10-18/h2-13,15,21H,14,16H2,1H3/b13-8+,17-15+. The van der Waals surface area contributed by atoms with Crippen molar-refractivity contribution in [1.82, 2.24) is 5.32 Å². The third-order valence-electron chi connectivity index (χ3n) is 3.18. The molecule has 3 heteroatoms. The van der Waals surface area contributed by atoms with Gasteiger partial charge in [-0.2, -0.15) is 0 Å². The van der Waals surface area contributed by atoms with Crippen LogP contribution in [0.1, 0.15) is 18.1 Å². The second kappa shape index (κ2) is 9.26. The van der Waals surface area contributed by atoms with Gasteiger partial charge < -0.3 is 10.1 Å². The molecule has 0 fully saturated rings. The van der Waals surface area contributed by atoms with Gasteiger partial charge in [-0.05, 0) is 24.1 Å². The summed E-state index contributed by atoms with van der Waals surface area (Å²) in [4.78, 5) is 11.7. The fourth-order valence-corrected chi connectivity index (χ4v) is 1.99.